The molecular formula is C17H21ClN2O. The summed E-state index contributed by atoms with van der Waals surface area (Å²) in [5.41, 5.74) is 8.71. The molecule has 1 aromatic heterocycles. The predicted octanol–water partition coefficient (Wildman–Crippen LogP) is 4.59. The van der Waals surface area contributed by atoms with Gasteiger partial charge in [-0.15, -0.1) is 0 Å². The summed E-state index contributed by atoms with van der Waals surface area (Å²) in [6.07, 6.45) is 1.66. The van der Waals surface area contributed by atoms with Crippen molar-refractivity contribution in [2.45, 2.75) is 39.7 Å². The molecule has 0 aliphatic rings. The van der Waals surface area contributed by atoms with Crippen molar-refractivity contribution in [3.63, 3.8) is 0 Å². The lowest BCUT2D eigenvalue weighted by Crippen LogP contribution is -2.13. The van der Waals surface area contributed by atoms with Crippen molar-refractivity contribution < 1.29 is 4.74 Å². The van der Waals surface area contributed by atoms with Gasteiger partial charge in [0.1, 0.15) is 10.8 Å². The maximum Gasteiger partial charge on any atom is 0.238 e. The minimum Gasteiger partial charge on any atom is -0.437 e. The molecule has 2 aromatic rings. The van der Waals surface area contributed by atoms with Gasteiger partial charge in [0, 0.05) is 18.3 Å². The molecule has 0 atom stereocenters. The molecule has 0 bridgehead atoms. The Labute approximate surface area is 131 Å². The van der Waals surface area contributed by atoms with Gasteiger partial charge in [0.05, 0.1) is 0 Å². The molecule has 2 rings (SSSR count). The highest BCUT2D eigenvalue weighted by atomic mass is 35.5. The molecule has 0 amide bonds. The monoisotopic (exact) mass is 304 g/mol. The Morgan fingerprint density at radius 3 is 2.57 bits per heavy atom. The number of aromatic nitrogens is 1. The van der Waals surface area contributed by atoms with Crippen molar-refractivity contribution in [2.24, 2.45) is 5.73 Å². The molecule has 0 radical (unpaired) electrons. The van der Waals surface area contributed by atoms with E-state index in [0.717, 1.165) is 22.4 Å². The molecule has 0 unspecified atom stereocenters. The van der Waals surface area contributed by atoms with Gasteiger partial charge in [-0.1, -0.05) is 44.5 Å². The van der Waals surface area contributed by atoms with Crippen molar-refractivity contribution in [2.75, 3.05) is 0 Å². The van der Waals surface area contributed by atoms with Crippen LogP contribution in [0.25, 0.3) is 0 Å². The molecule has 4 heteroatoms. The topological polar surface area (TPSA) is 48.1 Å². The maximum absolute atomic E-state index is 6.30. The second kappa shape index (κ2) is 6.04. The molecule has 3 nitrogen and oxygen atoms in total. The van der Waals surface area contributed by atoms with Gasteiger partial charge in [0.2, 0.25) is 5.88 Å². The molecule has 2 N–H and O–H groups in total. The number of benzene rings is 1. The maximum atomic E-state index is 6.30. The summed E-state index contributed by atoms with van der Waals surface area (Å²) in [4.78, 5) is 4.23. The minimum atomic E-state index is -0.0268. The Kier molecular flexibility index (Phi) is 4.55. The zero-order valence-electron chi connectivity index (χ0n) is 12.9. The second-order valence-electron chi connectivity index (χ2n) is 6.15. The highest BCUT2D eigenvalue weighted by Gasteiger charge is 2.20. The second-order valence-corrected chi connectivity index (χ2v) is 6.52. The van der Waals surface area contributed by atoms with Crippen molar-refractivity contribution in [1.82, 2.24) is 4.98 Å². The fourth-order valence-electron chi connectivity index (χ4n) is 2.13. The average molecular weight is 305 g/mol. The number of rotatable bonds is 3. The summed E-state index contributed by atoms with van der Waals surface area (Å²) in [5.74, 6) is 1.18. The first-order valence-electron chi connectivity index (χ1n) is 6.95. The summed E-state index contributed by atoms with van der Waals surface area (Å²) in [7, 11) is 0. The standard InChI is InChI=1S/C17H21ClN2O/c1-11-5-6-13(17(2,3)4)14(9-11)21-16-15(18)12(10-19)7-8-20-16/h5-9H,10,19H2,1-4H3. The van der Waals surface area contributed by atoms with E-state index in [1.165, 1.54) is 0 Å². The Balaban J connectivity index is 2.47. The zero-order chi connectivity index (χ0) is 15.6. The van der Waals surface area contributed by atoms with E-state index in [1.54, 1.807) is 12.3 Å². The number of halogens is 1. The Morgan fingerprint density at radius 2 is 1.95 bits per heavy atom. The predicted molar refractivity (Wildman–Crippen MR) is 87.1 cm³/mol. The van der Waals surface area contributed by atoms with Gasteiger partial charge >= 0.3 is 0 Å². The number of nitrogens with zero attached hydrogens (tertiary/aromatic N) is 1. The van der Waals surface area contributed by atoms with Crippen molar-refractivity contribution in [1.29, 1.82) is 0 Å². The van der Waals surface area contributed by atoms with Crippen LogP contribution in [-0.2, 0) is 12.0 Å². The Bertz CT molecular complexity index is 648. The van der Waals surface area contributed by atoms with E-state index >= 15 is 0 Å². The number of hydrogen-bond donors (Lipinski definition) is 1. The third-order valence-electron chi connectivity index (χ3n) is 3.31. The van der Waals surface area contributed by atoms with Gasteiger partial charge in [0.15, 0.2) is 0 Å². The number of aryl methyl sites for hydroxylation is 1. The van der Waals surface area contributed by atoms with Crippen molar-refractivity contribution in [3.05, 3.63) is 52.2 Å². The van der Waals surface area contributed by atoms with Crippen LogP contribution in [0.2, 0.25) is 5.02 Å². The van der Waals surface area contributed by atoms with E-state index in [-0.39, 0.29) is 5.41 Å². The van der Waals surface area contributed by atoms with Gasteiger partial charge in [-0.25, -0.2) is 4.98 Å². The van der Waals surface area contributed by atoms with Crippen LogP contribution in [0.3, 0.4) is 0 Å². The van der Waals surface area contributed by atoms with E-state index in [2.05, 4.69) is 37.9 Å². The molecule has 0 spiro atoms. The Hall–Kier alpha value is -1.58. The van der Waals surface area contributed by atoms with Crippen LogP contribution in [-0.4, -0.2) is 4.98 Å². The third kappa shape index (κ3) is 3.55. The van der Waals surface area contributed by atoms with Crippen LogP contribution in [0.5, 0.6) is 11.6 Å². The van der Waals surface area contributed by atoms with Crippen molar-refractivity contribution in [3.8, 4) is 11.6 Å². The lowest BCUT2D eigenvalue weighted by Gasteiger charge is -2.23. The zero-order valence-corrected chi connectivity index (χ0v) is 13.7. The Morgan fingerprint density at radius 1 is 1.24 bits per heavy atom. The van der Waals surface area contributed by atoms with Crippen LogP contribution in [0.4, 0.5) is 0 Å². The minimum absolute atomic E-state index is 0.0268. The first-order chi connectivity index (χ1) is 9.82. The molecule has 0 aliphatic carbocycles. The smallest absolute Gasteiger partial charge is 0.238 e. The summed E-state index contributed by atoms with van der Waals surface area (Å²) in [5, 5.41) is 0.473. The molecule has 1 aromatic carbocycles. The molecule has 1 heterocycles. The lowest BCUT2D eigenvalue weighted by atomic mass is 9.86. The highest BCUT2D eigenvalue weighted by molar-refractivity contribution is 6.32. The first-order valence-corrected chi connectivity index (χ1v) is 7.33. The lowest BCUT2D eigenvalue weighted by molar-refractivity contribution is 0.439. The van der Waals surface area contributed by atoms with Gasteiger partial charge in [-0.3, -0.25) is 0 Å². The SMILES string of the molecule is Cc1ccc(C(C)(C)C)c(Oc2nccc(CN)c2Cl)c1. The van der Waals surface area contributed by atoms with Gasteiger partial charge in [-0.05, 0) is 35.6 Å². The fourth-order valence-corrected chi connectivity index (χ4v) is 2.36. The first kappa shape index (κ1) is 15.8. The van der Waals surface area contributed by atoms with Crippen LogP contribution < -0.4 is 10.5 Å². The van der Waals surface area contributed by atoms with Gasteiger partial charge in [-0.2, -0.15) is 0 Å². The number of hydrogen-bond acceptors (Lipinski definition) is 3. The largest absolute Gasteiger partial charge is 0.437 e. The van der Waals surface area contributed by atoms with E-state index in [0.29, 0.717) is 17.4 Å². The highest BCUT2D eigenvalue weighted by Crippen LogP contribution is 2.36. The number of ether oxygens (including phenoxy) is 1. The quantitative estimate of drug-likeness (QED) is 0.902. The molecular weight excluding hydrogens is 284 g/mol. The molecule has 112 valence electrons. The number of nitrogens with two attached hydrogens (primary N) is 1. The average Bonchev–Trinajstić information content (AvgIpc) is 2.40. The normalized spacial score (nSPS) is 11.5. The van der Waals surface area contributed by atoms with E-state index in [1.807, 2.05) is 13.0 Å². The molecule has 21 heavy (non-hydrogen) atoms. The summed E-state index contributed by atoms with van der Waals surface area (Å²) in [6.45, 7) is 8.84. The van der Waals surface area contributed by atoms with Gasteiger partial charge in [0.25, 0.3) is 0 Å². The summed E-state index contributed by atoms with van der Waals surface area (Å²) < 4.78 is 5.99. The third-order valence-corrected chi connectivity index (χ3v) is 3.71. The molecule has 0 saturated carbocycles. The van der Waals surface area contributed by atoms with Crippen LogP contribution in [0, 0.1) is 6.92 Å². The van der Waals surface area contributed by atoms with E-state index < -0.39 is 0 Å². The van der Waals surface area contributed by atoms with E-state index in [9.17, 15) is 0 Å². The summed E-state index contributed by atoms with van der Waals surface area (Å²) in [6, 6.07) is 7.98. The van der Waals surface area contributed by atoms with Crippen LogP contribution in [0.1, 0.15) is 37.5 Å². The van der Waals surface area contributed by atoms with E-state index in [4.69, 9.17) is 22.1 Å². The van der Waals surface area contributed by atoms with Crippen LogP contribution in [0.15, 0.2) is 30.5 Å². The van der Waals surface area contributed by atoms with Gasteiger partial charge < -0.3 is 10.5 Å². The fraction of sp³-hybridized carbons (Fsp3) is 0.353. The molecule has 0 aliphatic heterocycles. The summed E-state index contributed by atoms with van der Waals surface area (Å²) >= 11 is 6.30. The molecule has 0 saturated heterocycles. The molecule has 0 fully saturated rings. The van der Waals surface area contributed by atoms with Crippen molar-refractivity contribution >= 4 is 11.6 Å². The van der Waals surface area contributed by atoms with Crippen LogP contribution >= 0.6 is 11.6 Å². The number of pyridine rings is 1.